The minimum Gasteiger partial charge on any atom is -0.398 e. The zero-order valence-electron chi connectivity index (χ0n) is 15.9. The second-order valence-electron chi connectivity index (χ2n) is 8.10. The van der Waals surface area contributed by atoms with Crippen LogP contribution in [0.15, 0.2) is 36.8 Å². The number of aliphatic hydroxyl groups is 1. The highest BCUT2D eigenvalue weighted by atomic mass is 35.5. The molecule has 6 nitrogen and oxygen atoms in total. The van der Waals surface area contributed by atoms with Gasteiger partial charge >= 0.3 is 0 Å². The number of nitrogen functional groups attached to an aromatic ring is 1. The topological polar surface area (TPSA) is 101 Å². The molecule has 3 aromatic rings. The van der Waals surface area contributed by atoms with Gasteiger partial charge in [0.25, 0.3) is 0 Å². The van der Waals surface area contributed by atoms with E-state index in [1.165, 1.54) is 0 Å². The monoisotopic (exact) mass is 408 g/mol. The van der Waals surface area contributed by atoms with Crippen LogP contribution in [0.2, 0.25) is 5.02 Å². The molecule has 2 aromatic heterocycles. The predicted octanol–water partition coefficient (Wildman–Crippen LogP) is 3.80. The average Bonchev–Trinajstić information content (AvgIpc) is 3.22. The van der Waals surface area contributed by atoms with Crippen molar-refractivity contribution in [3.63, 3.8) is 0 Å². The Kier molecular flexibility index (Phi) is 4.22. The molecule has 2 saturated carbocycles. The molecule has 2 fully saturated rings. The van der Waals surface area contributed by atoms with Gasteiger partial charge in [0.2, 0.25) is 5.91 Å². The molecule has 1 aromatic carbocycles. The summed E-state index contributed by atoms with van der Waals surface area (Å²) in [5, 5.41) is 14.6. The summed E-state index contributed by atoms with van der Waals surface area (Å²) in [6.07, 6.45) is 6.31. The lowest BCUT2D eigenvalue weighted by Gasteiger charge is -2.14. The molecule has 5 rings (SSSR count). The first-order valence-corrected chi connectivity index (χ1v) is 10.1. The molecule has 0 aliphatic heterocycles. The van der Waals surface area contributed by atoms with Crippen LogP contribution in [0.3, 0.4) is 0 Å². The van der Waals surface area contributed by atoms with E-state index in [9.17, 15) is 9.90 Å². The highest BCUT2D eigenvalue weighted by Gasteiger charge is 2.59. The Morgan fingerprint density at radius 1 is 1.21 bits per heavy atom. The molecule has 0 saturated heterocycles. The molecule has 2 heterocycles. The lowest BCUT2D eigenvalue weighted by Crippen LogP contribution is -2.19. The minimum atomic E-state index is -0.260. The second-order valence-corrected chi connectivity index (χ2v) is 8.48. The Labute approximate surface area is 173 Å². The van der Waals surface area contributed by atoms with Crippen LogP contribution in [0.4, 0.5) is 11.5 Å². The van der Waals surface area contributed by atoms with Gasteiger partial charge in [0.05, 0.1) is 11.1 Å². The van der Waals surface area contributed by atoms with E-state index >= 15 is 0 Å². The largest absolute Gasteiger partial charge is 0.398 e. The molecule has 29 heavy (non-hydrogen) atoms. The first-order valence-electron chi connectivity index (χ1n) is 9.71. The summed E-state index contributed by atoms with van der Waals surface area (Å²) in [6, 6.07) is 5.53. The lowest BCUT2D eigenvalue weighted by molar-refractivity contribution is -0.118. The van der Waals surface area contributed by atoms with Crippen LogP contribution in [-0.4, -0.2) is 27.1 Å². The van der Waals surface area contributed by atoms with Gasteiger partial charge < -0.3 is 16.2 Å². The molecule has 0 radical (unpaired) electrons. The Balaban J connectivity index is 1.49. The fourth-order valence-electron chi connectivity index (χ4n) is 4.73. The number of pyridine rings is 2. The van der Waals surface area contributed by atoms with Gasteiger partial charge in [-0.3, -0.25) is 9.78 Å². The number of hydrogen-bond acceptors (Lipinski definition) is 5. The van der Waals surface area contributed by atoms with Crippen LogP contribution in [-0.2, 0) is 4.79 Å². The van der Waals surface area contributed by atoms with Crippen LogP contribution in [0.1, 0.15) is 18.4 Å². The second kappa shape index (κ2) is 6.68. The Morgan fingerprint density at radius 2 is 1.97 bits per heavy atom. The number of aryl methyl sites for hydroxylation is 1. The van der Waals surface area contributed by atoms with Gasteiger partial charge in [-0.1, -0.05) is 11.6 Å². The number of nitrogens with one attached hydrogen (secondary N) is 1. The SMILES string of the molecule is Cc1ccncc1-c1cc(N)c2cnc(NC(=O)[C@@H]3[C@@H]4CC(O)C[C@@H]43)cc2c1Cl. The molecule has 4 atom stereocenters. The van der Waals surface area contributed by atoms with Crippen molar-refractivity contribution in [1.82, 2.24) is 9.97 Å². The number of hydrogen-bond donors (Lipinski definition) is 3. The van der Waals surface area contributed by atoms with Crippen molar-refractivity contribution in [1.29, 1.82) is 0 Å². The number of carbonyl (C=O) groups is 1. The van der Waals surface area contributed by atoms with Crippen LogP contribution in [0.25, 0.3) is 21.9 Å². The van der Waals surface area contributed by atoms with Crippen molar-refractivity contribution >= 4 is 39.8 Å². The predicted molar refractivity (Wildman–Crippen MR) is 113 cm³/mol. The molecule has 4 N–H and O–H groups in total. The number of halogens is 1. The summed E-state index contributed by atoms with van der Waals surface area (Å²) >= 11 is 6.75. The number of fused-ring (bicyclic) bond motifs is 2. The summed E-state index contributed by atoms with van der Waals surface area (Å²) in [4.78, 5) is 21.2. The molecule has 0 spiro atoms. The van der Waals surface area contributed by atoms with Crippen molar-refractivity contribution in [2.24, 2.45) is 17.8 Å². The molecule has 2 aliphatic carbocycles. The third kappa shape index (κ3) is 3.03. The number of benzene rings is 1. The number of rotatable bonds is 3. The number of aromatic nitrogens is 2. The molecule has 1 amide bonds. The first-order chi connectivity index (χ1) is 13.9. The Hall–Kier alpha value is -2.70. The van der Waals surface area contributed by atoms with Crippen molar-refractivity contribution in [3.05, 3.63) is 47.4 Å². The number of carbonyl (C=O) groups excluding carboxylic acids is 1. The van der Waals surface area contributed by atoms with E-state index in [0.717, 1.165) is 27.5 Å². The molecule has 1 unspecified atom stereocenters. The molecule has 148 valence electrons. The van der Waals surface area contributed by atoms with E-state index in [0.29, 0.717) is 41.2 Å². The zero-order valence-corrected chi connectivity index (χ0v) is 16.6. The van der Waals surface area contributed by atoms with E-state index in [1.54, 1.807) is 24.7 Å². The van der Waals surface area contributed by atoms with Gasteiger partial charge in [0.15, 0.2) is 0 Å². The molecule has 7 heteroatoms. The van der Waals surface area contributed by atoms with Gasteiger partial charge in [0.1, 0.15) is 5.82 Å². The Morgan fingerprint density at radius 3 is 2.69 bits per heavy atom. The number of nitrogens with two attached hydrogens (primary N) is 1. The van der Waals surface area contributed by atoms with E-state index in [4.69, 9.17) is 17.3 Å². The number of anilines is 2. The zero-order chi connectivity index (χ0) is 20.3. The highest BCUT2D eigenvalue weighted by molar-refractivity contribution is 6.39. The quantitative estimate of drug-likeness (QED) is 0.572. The number of aliphatic hydroxyl groups excluding tert-OH is 1. The average molecular weight is 409 g/mol. The summed E-state index contributed by atoms with van der Waals surface area (Å²) in [7, 11) is 0. The van der Waals surface area contributed by atoms with Crippen LogP contribution >= 0.6 is 11.6 Å². The van der Waals surface area contributed by atoms with Gasteiger partial charge in [-0.25, -0.2) is 4.98 Å². The highest BCUT2D eigenvalue weighted by Crippen LogP contribution is 2.57. The first kappa shape index (κ1) is 18.3. The summed E-state index contributed by atoms with van der Waals surface area (Å²) in [5.74, 6) is 0.979. The minimum absolute atomic E-state index is 0.0270. The van der Waals surface area contributed by atoms with Crippen molar-refractivity contribution in [2.75, 3.05) is 11.1 Å². The van der Waals surface area contributed by atoms with Crippen molar-refractivity contribution < 1.29 is 9.90 Å². The maximum absolute atomic E-state index is 12.6. The fourth-order valence-corrected chi connectivity index (χ4v) is 5.04. The van der Waals surface area contributed by atoms with Gasteiger partial charge in [-0.05, 0) is 55.4 Å². The van der Waals surface area contributed by atoms with E-state index in [2.05, 4.69) is 15.3 Å². The Bertz CT molecular complexity index is 1140. The van der Waals surface area contributed by atoms with Gasteiger partial charge in [0, 0.05) is 52.1 Å². The maximum atomic E-state index is 12.6. The molecular formula is C22H21ClN4O2. The van der Waals surface area contributed by atoms with Crippen molar-refractivity contribution in [3.8, 4) is 11.1 Å². The van der Waals surface area contributed by atoms with Crippen LogP contribution in [0.5, 0.6) is 0 Å². The van der Waals surface area contributed by atoms with Crippen LogP contribution in [0, 0.1) is 24.7 Å². The van der Waals surface area contributed by atoms with Crippen molar-refractivity contribution in [2.45, 2.75) is 25.9 Å². The smallest absolute Gasteiger partial charge is 0.229 e. The normalized spacial score (nSPS) is 25.1. The maximum Gasteiger partial charge on any atom is 0.229 e. The lowest BCUT2D eigenvalue weighted by atomic mass is 9.99. The fraction of sp³-hybridized carbons (Fsp3) is 0.318. The van der Waals surface area contributed by atoms with Crippen LogP contribution < -0.4 is 11.1 Å². The summed E-state index contributed by atoms with van der Waals surface area (Å²) in [5.41, 5.74) is 9.60. The third-order valence-electron chi connectivity index (χ3n) is 6.29. The van der Waals surface area contributed by atoms with Gasteiger partial charge in [-0.2, -0.15) is 0 Å². The van der Waals surface area contributed by atoms with Gasteiger partial charge in [-0.15, -0.1) is 0 Å². The van der Waals surface area contributed by atoms with E-state index in [-0.39, 0.29) is 17.9 Å². The summed E-state index contributed by atoms with van der Waals surface area (Å²) < 4.78 is 0. The summed E-state index contributed by atoms with van der Waals surface area (Å²) in [6.45, 7) is 2.00. The molecule has 2 aliphatic rings. The molecular weight excluding hydrogens is 388 g/mol. The number of nitrogens with zero attached hydrogens (tertiary/aromatic N) is 2. The van der Waals surface area contributed by atoms with E-state index in [1.807, 2.05) is 19.1 Å². The molecule has 0 bridgehead atoms. The van der Waals surface area contributed by atoms with E-state index < -0.39 is 0 Å². The number of amides is 1. The standard InChI is InChI=1S/C22H21ClN4O2/c1-10-2-3-25-8-16(10)14-6-18(24)17-9-26-19(7-15(17)21(14)23)27-22(29)20-12-4-11(28)5-13(12)20/h2-3,6-9,11-13,20,28H,4-5,24H2,1H3,(H,26,27,29)/t11?,12-,13+,20-. The third-order valence-corrected chi connectivity index (χ3v) is 6.70.